The number of pyridine rings is 3. The molecule has 8 nitrogen and oxygen atoms in total. The summed E-state index contributed by atoms with van der Waals surface area (Å²) in [6.45, 7) is 0. The number of hydrogen-bond donors (Lipinski definition) is 2. The van der Waals surface area contributed by atoms with Gasteiger partial charge in [-0.3, -0.25) is 9.97 Å². The third-order valence-electron chi connectivity index (χ3n) is 5.63. The first-order valence-electron chi connectivity index (χ1n) is 10.6. The van der Waals surface area contributed by atoms with Crippen LogP contribution in [0, 0.1) is 0 Å². The molecule has 3 aromatic heterocycles. The number of aromatic nitrogens is 3. The quantitative estimate of drug-likeness (QED) is 0.338. The number of benzene rings is 2. The van der Waals surface area contributed by atoms with Crippen molar-refractivity contribution in [3.05, 3.63) is 67.1 Å². The summed E-state index contributed by atoms with van der Waals surface area (Å²) >= 11 is 0. The van der Waals surface area contributed by atoms with Crippen molar-refractivity contribution in [2.24, 2.45) is 0 Å². The van der Waals surface area contributed by atoms with Crippen molar-refractivity contribution >= 4 is 38.9 Å². The summed E-state index contributed by atoms with van der Waals surface area (Å²) in [5.41, 5.74) is 10.3. The van der Waals surface area contributed by atoms with E-state index in [1.807, 2.05) is 48.5 Å². The summed E-state index contributed by atoms with van der Waals surface area (Å²) in [6.07, 6.45) is 5.23. The lowest BCUT2D eigenvalue weighted by molar-refractivity contribution is 0.356. The van der Waals surface area contributed by atoms with Crippen molar-refractivity contribution in [1.82, 2.24) is 15.0 Å². The molecule has 0 amide bonds. The van der Waals surface area contributed by atoms with E-state index in [4.69, 9.17) is 19.9 Å². The fraction of sp³-hybridized carbons (Fsp3) is 0.115. The maximum Gasteiger partial charge on any atom is 0.162 e. The summed E-state index contributed by atoms with van der Waals surface area (Å²) in [5.74, 6) is 2.36. The molecule has 0 fully saturated rings. The second kappa shape index (κ2) is 8.74. The third kappa shape index (κ3) is 3.75. The molecule has 170 valence electrons. The van der Waals surface area contributed by atoms with Crippen molar-refractivity contribution in [3.8, 4) is 28.5 Å². The molecule has 3 N–H and O–H groups in total. The standard InChI is InChI=1S/C26H23N5O3/c1-32-23-7-5-4-6-20(23)30-16-8-15(12-28-13-16)21-9-17-18-10-24(33-2)25(34-3)11-22(18)29-14-19(17)26(27)31-21/h4-14,30H,1-3H3,(H2,27,31). The number of fused-ring (bicyclic) bond motifs is 3. The maximum atomic E-state index is 6.35. The van der Waals surface area contributed by atoms with Gasteiger partial charge in [0.05, 0.1) is 50.1 Å². The van der Waals surface area contributed by atoms with E-state index in [2.05, 4.69) is 20.3 Å². The van der Waals surface area contributed by atoms with Gasteiger partial charge < -0.3 is 25.3 Å². The van der Waals surface area contributed by atoms with Crippen LogP contribution in [0.1, 0.15) is 0 Å². The molecule has 5 rings (SSSR count). The second-order valence-corrected chi connectivity index (χ2v) is 7.62. The van der Waals surface area contributed by atoms with Crippen LogP contribution in [0.4, 0.5) is 17.2 Å². The minimum absolute atomic E-state index is 0.389. The molecule has 0 radical (unpaired) electrons. The molecule has 3 heterocycles. The van der Waals surface area contributed by atoms with E-state index < -0.39 is 0 Å². The van der Waals surface area contributed by atoms with Gasteiger partial charge in [0.25, 0.3) is 0 Å². The highest BCUT2D eigenvalue weighted by atomic mass is 16.5. The normalized spacial score (nSPS) is 10.9. The molecule has 0 spiro atoms. The van der Waals surface area contributed by atoms with Crippen LogP contribution in [-0.4, -0.2) is 36.3 Å². The average molecular weight is 454 g/mol. The first-order valence-corrected chi connectivity index (χ1v) is 10.6. The smallest absolute Gasteiger partial charge is 0.162 e. The molecule has 34 heavy (non-hydrogen) atoms. The number of hydrogen-bond acceptors (Lipinski definition) is 8. The lowest BCUT2D eigenvalue weighted by atomic mass is 10.0. The minimum Gasteiger partial charge on any atom is -0.495 e. The number of methoxy groups -OCH3 is 3. The number of nitrogen functional groups attached to an aromatic ring is 1. The van der Waals surface area contributed by atoms with Gasteiger partial charge in [-0.1, -0.05) is 12.1 Å². The van der Waals surface area contributed by atoms with E-state index in [9.17, 15) is 0 Å². The Morgan fingerprint density at radius 2 is 1.53 bits per heavy atom. The number of anilines is 3. The van der Waals surface area contributed by atoms with Gasteiger partial charge in [0.15, 0.2) is 11.5 Å². The highest BCUT2D eigenvalue weighted by Crippen LogP contribution is 2.37. The molecular formula is C26H23N5O3. The number of nitrogens with two attached hydrogens (primary N) is 1. The molecule has 0 saturated heterocycles. The number of nitrogens with one attached hydrogen (secondary N) is 1. The Labute approximate surface area is 196 Å². The fourth-order valence-electron chi connectivity index (χ4n) is 3.96. The van der Waals surface area contributed by atoms with E-state index in [0.29, 0.717) is 23.0 Å². The van der Waals surface area contributed by atoms with Gasteiger partial charge in [-0.2, -0.15) is 0 Å². The van der Waals surface area contributed by atoms with E-state index in [1.165, 1.54) is 0 Å². The van der Waals surface area contributed by atoms with E-state index in [1.54, 1.807) is 39.9 Å². The SMILES string of the molecule is COc1ccccc1Nc1cncc(-c2cc3c(cnc4cc(OC)c(OC)cc43)c(N)n2)c1. The first kappa shape index (κ1) is 21.3. The number of rotatable bonds is 6. The van der Waals surface area contributed by atoms with Crippen LogP contribution < -0.4 is 25.3 Å². The van der Waals surface area contributed by atoms with Crippen LogP contribution in [-0.2, 0) is 0 Å². The Kier molecular flexibility index (Phi) is 5.47. The molecule has 0 aliphatic rings. The van der Waals surface area contributed by atoms with E-state index in [0.717, 1.165) is 44.4 Å². The van der Waals surface area contributed by atoms with Crippen LogP contribution >= 0.6 is 0 Å². The van der Waals surface area contributed by atoms with Crippen LogP contribution in [0.15, 0.2) is 67.1 Å². The Morgan fingerprint density at radius 3 is 2.32 bits per heavy atom. The monoisotopic (exact) mass is 453 g/mol. The van der Waals surface area contributed by atoms with E-state index in [-0.39, 0.29) is 0 Å². The molecule has 0 bridgehead atoms. The van der Waals surface area contributed by atoms with Gasteiger partial charge in [-0.25, -0.2) is 4.98 Å². The fourth-order valence-corrected chi connectivity index (χ4v) is 3.96. The highest BCUT2D eigenvalue weighted by molar-refractivity contribution is 6.10. The zero-order valence-electron chi connectivity index (χ0n) is 19.0. The van der Waals surface area contributed by atoms with Crippen LogP contribution in [0.2, 0.25) is 0 Å². The van der Waals surface area contributed by atoms with Crippen LogP contribution in [0.5, 0.6) is 17.2 Å². The molecule has 0 aliphatic heterocycles. The summed E-state index contributed by atoms with van der Waals surface area (Å²) in [4.78, 5) is 13.6. The number of ether oxygens (including phenoxy) is 3. The van der Waals surface area contributed by atoms with Gasteiger partial charge in [-0.05, 0) is 35.7 Å². The summed E-state index contributed by atoms with van der Waals surface area (Å²) in [7, 11) is 4.85. The van der Waals surface area contributed by atoms with Crippen molar-refractivity contribution < 1.29 is 14.2 Å². The molecule has 2 aromatic carbocycles. The van der Waals surface area contributed by atoms with Crippen LogP contribution in [0.3, 0.4) is 0 Å². The summed E-state index contributed by atoms with van der Waals surface area (Å²) in [6, 6.07) is 15.4. The largest absolute Gasteiger partial charge is 0.495 e. The minimum atomic E-state index is 0.389. The maximum absolute atomic E-state index is 6.35. The Balaban J connectivity index is 1.63. The predicted octanol–water partition coefficient (Wildman–Crippen LogP) is 5.20. The van der Waals surface area contributed by atoms with Gasteiger partial charge in [-0.15, -0.1) is 0 Å². The van der Waals surface area contributed by atoms with Gasteiger partial charge in [0.2, 0.25) is 0 Å². The van der Waals surface area contributed by atoms with E-state index >= 15 is 0 Å². The first-order chi connectivity index (χ1) is 16.6. The number of nitrogens with zero attached hydrogens (tertiary/aromatic N) is 3. The van der Waals surface area contributed by atoms with Gasteiger partial charge >= 0.3 is 0 Å². The Bertz CT molecular complexity index is 1520. The van der Waals surface area contributed by atoms with Crippen LogP contribution in [0.25, 0.3) is 32.9 Å². The lowest BCUT2D eigenvalue weighted by Crippen LogP contribution is -1.98. The Hall–Kier alpha value is -4.59. The molecule has 5 aromatic rings. The zero-order valence-corrected chi connectivity index (χ0v) is 19.0. The lowest BCUT2D eigenvalue weighted by Gasteiger charge is -2.13. The van der Waals surface area contributed by atoms with Crippen molar-refractivity contribution in [3.63, 3.8) is 0 Å². The number of para-hydroxylation sites is 2. The predicted molar refractivity (Wildman–Crippen MR) is 134 cm³/mol. The molecular weight excluding hydrogens is 430 g/mol. The zero-order chi connectivity index (χ0) is 23.7. The summed E-state index contributed by atoms with van der Waals surface area (Å²) in [5, 5.41) is 5.92. The topological polar surface area (TPSA) is 104 Å². The van der Waals surface area contributed by atoms with Crippen molar-refractivity contribution in [1.29, 1.82) is 0 Å². The molecule has 0 aliphatic carbocycles. The third-order valence-corrected chi connectivity index (χ3v) is 5.63. The molecule has 0 saturated carbocycles. The molecule has 0 unspecified atom stereocenters. The average Bonchev–Trinajstić information content (AvgIpc) is 2.88. The second-order valence-electron chi connectivity index (χ2n) is 7.62. The Morgan fingerprint density at radius 1 is 0.765 bits per heavy atom. The molecule has 8 heteroatoms. The van der Waals surface area contributed by atoms with Gasteiger partial charge in [0, 0.05) is 34.8 Å². The highest BCUT2D eigenvalue weighted by Gasteiger charge is 2.14. The molecule has 0 atom stereocenters. The summed E-state index contributed by atoms with van der Waals surface area (Å²) < 4.78 is 16.4. The van der Waals surface area contributed by atoms with Gasteiger partial charge in [0.1, 0.15) is 11.6 Å². The van der Waals surface area contributed by atoms with Crippen molar-refractivity contribution in [2.75, 3.05) is 32.4 Å². The van der Waals surface area contributed by atoms with Crippen molar-refractivity contribution in [2.45, 2.75) is 0 Å².